The maximum absolute atomic E-state index is 5.16. The van der Waals surface area contributed by atoms with Crippen LogP contribution in [0.3, 0.4) is 0 Å². The maximum atomic E-state index is 5.16. The summed E-state index contributed by atoms with van der Waals surface area (Å²) in [5, 5.41) is 0. The molecule has 4 nitrogen and oxygen atoms in total. The molecule has 2 aromatic heterocycles. The highest BCUT2D eigenvalue weighted by Gasteiger charge is 2.35. The van der Waals surface area contributed by atoms with Crippen LogP contribution in [0.1, 0.15) is 51.4 Å². The molecule has 0 N–H and O–H groups in total. The van der Waals surface area contributed by atoms with Gasteiger partial charge < -0.3 is 0 Å². The van der Waals surface area contributed by atoms with E-state index in [-0.39, 0.29) is 11.3 Å². The molecular weight excluding hydrogens is 657 g/mol. The first-order valence-electron chi connectivity index (χ1n) is 19.1. The van der Waals surface area contributed by atoms with E-state index in [1.54, 1.807) is 0 Å². The van der Waals surface area contributed by atoms with Crippen LogP contribution >= 0.6 is 0 Å². The van der Waals surface area contributed by atoms with Crippen LogP contribution in [0.25, 0.3) is 62.0 Å². The van der Waals surface area contributed by atoms with Crippen LogP contribution in [0, 0.1) is 5.92 Å². The molecule has 2 heterocycles. The molecule has 8 rings (SSSR count). The van der Waals surface area contributed by atoms with Gasteiger partial charge in [0.25, 0.3) is 0 Å². The van der Waals surface area contributed by atoms with Crippen LogP contribution in [-0.2, 0) is 5.41 Å². The van der Waals surface area contributed by atoms with Gasteiger partial charge in [0, 0.05) is 33.2 Å². The molecule has 0 saturated heterocycles. The van der Waals surface area contributed by atoms with Gasteiger partial charge in [-0.2, -0.15) is 0 Å². The maximum Gasteiger partial charge on any atom is 0.160 e. The van der Waals surface area contributed by atoms with Crippen molar-refractivity contribution in [2.75, 3.05) is 0 Å². The first-order chi connectivity index (χ1) is 26.5. The quantitative estimate of drug-likeness (QED) is 0.142. The molecule has 1 unspecified atom stereocenters. The molecule has 1 aliphatic rings. The minimum atomic E-state index is -0.0985. The minimum absolute atomic E-state index is 0.0985. The summed E-state index contributed by atoms with van der Waals surface area (Å²) in [6.45, 7) is 6.96. The molecule has 0 spiro atoms. The predicted octanol–water partition coefficient (Wildman–Crippen LogP) is 12.7. The first-order valence-corrected chi connectivity index (χ1v) is 19.1. The van der Waals surface area contributed by atoms with Gasteiger partial charge in [-0.25, -0.2) is 19.9 Å². The third kappa shape index (κ3) is 6.95. The van der Waals surface area contributed by atoms with E-state index in [4.69, 9.17) is 19.9 Å². The highest BCUT2D eigenvalue weighted by atomic mass is 14.9. The molecule has 1 atom stereocenters. The van der Waals surface area contributed by atoms with Crippen molar-refractivity contribution in [3.8, 4) is 56.4 Å². The summed E-state index contributed by atoms with van der Waals surface area (Å²) in [5.41, 5.74) is 12.9. The van der Waals surface area contributed by atoms with E-state index >= 15 is 0 Å². The molecule has 0 aliphatic heterocycles. The van der Waals surface area contributed by atoms with Gasteiger partial charge in [0.2, 0.25) is 0 Å². The average molecular weight is 701 g/mol. The van der Waals surface area contributed by atoms with E-state index in [0.29, 0.717) is 0 Å². The van der Waals surface area contributed by atoms with Crippen LogP contribution in [0.5, 0.6) is 0 Å². The summed E-state index contributed by atoms with van der Waals surface area (Å²) in [5.74, 6) is 1.78. The lowest BCUT2D eigenvalue weighted by Crippen LogP contribution is -2.29. The fourth-order valence-electron chi connectivity index (χ4n) is 7.93. The zero-order valence-electron chi connectivity index (χ0n) is 31.2. The monoisotopic (exact) mass is 700 g/mol. The second-order valence-corrected chi connectivity index (χ2v) is 14.2. The number of aromatic nitrogens is 4. The molecule has 54 heavy (non-hydrogen) atoms. The molecule has 0 radical (unpaired) electrons. The van der Waals surface area contributed by atoms with Crippen molar-refractivity contribution in [2.24, 2.45) is 5.92 Å². The van der Waals surface area contributed by atoms with Crippen molar-refractivity contribution in [1.29, 1.82) is 0 Å². The fraction of sp³-hybridized carbons (Fsp3) is 0.160. The number of allylic oxidation sites excluding steroid dienone is 4. The Kier molecular flexibility index (Phi) is 9.91. The Balaban J connectivity index is 1.15. The summed E-state index contributed by atoms with van der Waals surface area (Å²) >= 11 is 0. The number of hydrogen-bond acceptors (Lipinski definition) is 4. The zero-order valence-corrected chi connectivity index (χ0v) is 31.2. The Bertz CT molecular complexity index is 2300. The van der Waals surface area contributed by atoms with Gasteiger partial charge in [-0.05, 0) is 48.4 Å². The van der Waals surface area contributed by atoms with Crippen molar-refractivity contribution < 1.29 is 0 Å². The molecule has 0 amide bonds. The van der Waals surface area contributed by atoms with Gasteiger partial charge in [-0.1, -0.05) is 184 Å². The van der Waals surface area contributed by atoms with E-state index in [1.165, 1.54) is 16.7 Å². The van der Waals surface area contributed by atoms with E-state index in [1.807, 2.05) is 24.3 Å². The largest absolute Gasteiger partial charge is 0.228 e. The molecule has 264 valence electrons. The summed E-state index contributed by atoms with van der Waals surface area (Å²) in [6, 6.07) is 54.7. The fourth-order valence-corrected chi connectivity index (χ4v) is 7.93. The Morgan fingerprint density at radius 3 is 1.22 bits per heavy atom. The van der Waals surface area contributed by atoms with Crippen molar-refractivity contribution in [3.05, 3.63) is 187 Å². The van der Waals surface area contributed by atoms with Crippen LogP contribution in [0.2, 0.25) is 0 Å². The summed E-state index contributed by atoms with van der Waals surface area (Å²) in [7, 11) is 0. The summed E-state index contributed by atoms with van der Waals surface area (Å²) in [6.07, 6.45) is 7.58. The lowest BCUT2D eigenvalue weighted by Gasteiger charge is -2.38. The molecule has 1 aliphatic carbocycles. The Hall–Kier alpha value is -6.26. The topological polar surface area (TPSA) is 51.6 Å². The molecule has 4 heteroatoms. The van der Waals surface area contributed by atoms with Crippen molar-refractivity contribution >= 4 is 5.57 Å². The van der Waals surface area contributed by atoms with Gasteiger partial charge in [-0.15, -0.1) is 0 Å². The molecule has 0 saturated carbocycles. The standard InChI is InChI=1S/C50H44N4/c1-4-50(5-2,41-28-26-40(27-29-41)48-51-44(36-18-10-6-11-19-36)33-45(52-48)37-20-12-7-13-21-37)42-30-31-43(35(3)32-42)49-53-46(38-22-14-8-15-23-38)34-47(54-49)39-24-16-9-17-25-39/h6-31,33-35H,4-5,32H2,1-3H3. The van der Waals surface area contributed by atoms with E-state index in [0.717, 1.165) is 81.5 Å². The Labute approximate surface area is 319 Å². The molecule has 0 bridgehead atoms. The first kappa shape index (κ1) is 34.8. The average Bonchev–Trinajstić information content (AvgIpc) is 3.25. The van der Waals surface area contributed by atoms with Gasteiger partial charge in [0.05, 0.1) is 22.8 Å². The van der Waals surface area contributed by atoms with Crippen molar-refractivity contribution in [1.82, 2.24) is 19.9 Å². The number of rotatable bonds is 10. The lowest BCUT2D eigenvalue weighted by molar-refractivity contribution is 0.438. The molecular formula is C50H44N4. The predicted molar refractivity (Wildman–Crippen MR) is 223 cm³/mol. The van der Waals surface area contributed by atoms with Crippen LogP contribution in [-0.4, -0.2) is 19.9 Å². The second-order valence-electron chi connectivity index (χ2n) is 14.2. The van der Waals surface area contributed by atoms with Crippen molar-refractivity contribution in [2.45, 2.75) is 45.4 Å². The number of hydrogen-bond donors (Lipinski definition) is 0. The normalized spacial score (nSPS) is 14.3. The van der Waals surface area contributed by atoms with Crippen LogP contribution in [0.4, 0.5) is 0 Å². The van der Waals surface area contributed by atoms with Crippen molar-refractivity contribution in [3.63, 3.8) is 0 Å². The highest BCUT2D eigenvalue weighted by molar-refractivity contribution is 5.75. The minimum Gasteiger partial charge on any atom is -0.228 e. The van der Waals surface area contributed by atoms with Gasteiger partial charge in [-0.3, -0.25) is 0 Å². The van der Waals surface area contributed by atoms with Crippen LogP contribution in [0.15, 0.2) is 175 Å². The molecule has 7 aromatic rings. The van der Waals surface area contributed by atoms with E-state index in [9.17, 15) is 0 Å². The summed E-state index contributed by atoms with van der Waals surface area (Å²) in [4.78, 5) is 20.5. The van der Waals surface area contributed by atoms with Crippen LogP contribution < -0.4 is 0 Å². The summed E-state index contributed by atoms with van der Waals surface area (Å²) < 4.78 is 0. The Morgan fingerprint density at radius 1 is 0.463 bits per heavy atom. The SMILES string of the molecule is CCC(CC)(C1=CC=C(c2nc(-c3ccccc3)cc(-c3ccccc3)n2)C(C)C1)c1ccc(-c2nc(-c3ccccc3)cc(-c3ccccc3)n2)cc1. The molecule has 0 fully saturated rings. The van der Waals surface area contributed by atoms with E-state index in [2.05, 4.69) is 166 Å². The smallest absolute Gasteiger partial charge is 0.160 e. The van der Waals surface area contributed by atoms with E-state index < -0.39 is 0 Å². The number of benzene rings is 5. The second kappa shape index (κ2) is 15.4. The van der Waals surface area contributed by atoms with Gasteiger partial charge >= 0.3 is 0 Å². The lowest BCUT2D eigenvalue weighted by atomic mass is 9.66. The number of nitrogens with zero attached hydrogens (tertiary/aromatic N) is 4. The zero-order chi connectivity index (χ0) is 36.9. The third-order valence-electron chi connectivity index (χ3n) is 11.0. The molecule has 5 aromatic carbocycles. The highest BCUT2D eigenvalue weighted by Crippen LogP contribution is 2.46. The van der Waals surface area contributed by atoms with Gasteiger partial charge in [0.1, 0.15) is 0 Å². The Morgan fingerprint density at radius 2 is 0.852 bits per heavy atom. The third-order valence-corrected chi connectivity index (χ3v) is 11.0. The van der Waals surface area contributed by atoms with Gasteiger partial charge in [0.15, 0.2) is 11.6 Å².